The third-order valence-electron chi connectivity index (χ3n) is 6.52. The van der Waals surface area contributed by atoms with Crippen molar-refractivity contribution in [3.63, 3.8) is 0 Å². The third kappa shape index (κ3) is 11.9. The zero-order chi connectivity index (χ0) is 31.3. The maximum atomic E-state index is 13.1. The molecule has 1 heterocycles. The number of thioether (sulfide) groups is 1. The molecule has 1 saturated heterocycles. The van der Waals surface area contributed by atoms with Crippen molar-refractivity contribution >= 4 is 53.2 Å². The van der Waals surface area contributed by atoms with Crippen LogP contribution in [0.2, 0.25) is 0 Å². The molecule has 1 aliphatic heterocycles. The summed E-state index contributed by atoms with van der Waals surface area (Å²) in [6, 6.07) is -5.02. The fourth-order valence-corrected chi connectivity index (χ4v) is 4.60. The highest BCUT2D eigenvalue weighted by atomic mass is 32.2. The Kier molecular flexibility index (Phi) is 15.1. The molecule has 1 rings (SSSR count). The number of carbonyl (C=O) groups excluding carboxylic acids is 6. The number of amides is 6. The topological polar surface area (TPSA) is 243 Å². The first-order valence-electron chi connectivity index (χ1n) is 13.4. The highest BCUT2D eigenvalue weighted by Crippen LogP contribution is 2.19. The molecule has 0 aromatic rings. The number of nitrogens with one attached hydrogen (secondary N) is 4. The number of nitrogens with zero attached hydrogens (tertiary/aromatic N) is 1. The number of hydrogen-bond acceptors (Lipinski definition) is 9. The van der Waals surface area contributed by atoms with Gasteiger partial charge < -0.3 is 42.7 Å². The first kappa shape index (κ1) is 35.6. The van der Waals surface area contributed by atoms with Crippen LogP contribution in [0.25, 0.3) is 0 Å². The molecule has 1 aliphatic rings. The number of primary amides is 1. The molecule has 232 valence electrons. The number of likely N-dealkylation sites (tertiary alicyclic amines) is 1. The van der Waals surface area contributed by atoms with Gasteiger partial charge in [-0.15, -0.1) is 0 Å². The van der Waals surface area contributed by atoms with Gasteiger partial charge in [0.25, 0.3) is 0 Å². The first-order valence-corrected chi connectivity index (χ1v) is 14.8. The highest BCUT2D eigenvalue weighted by Gasteiger charge is 2.37. The zero-order valence-electron chi connectivity index (χ0n) is 23.9. The van der Waals surface area contributed by atoms with Crippen LogP contribution in [0.4, 0.5) is 0 Å². The summed E-state index contributed by atoms with van der Waals surface area (Å²) in [6.45, 7) is 4.45. The Labute approximate surface area is 243 Å². The molecule has 0 spiro atoms. The van der Waals surface area contributed by atoms with Crippen LogP contribution in [0.15, 0.2) is 0 Å². The summed E-state index contributed by atoms with van der Waals surface area (Å²) in [7, 11) is 0. The summed E-state index contributed by atoms with van der Waals surface area (Å²) in [5.74, 6) is -4.66. The quantitative estimate of drug-likeness (QED) is 0.0936. The molecule has 0 saturated carbocycles. The van der Waals surface area contributed by atoms with Gasteiger partial charge in [0.05, 0.1) is 12.6 Å². The van der Waals surface area contributed by atoms with Crippen molar-refractivity contribution in [1.29, 1.82) is 0 Å². The van der Waals surface area contributed by atoms with Gasteiger partial charge in [-0.1, -0.05) is 13.8 Å². The Hall–Kier alpha value is -3.40. The molecule has 41 heavy (non-hydrogen) atoms. The van der Waals surface area contributed by atoms with E-state index >= 15 is 0 Å². The maximum Gasteiger partial charge on any atom is 0.325 e. The van der Waals surface area contributed by atoms with E-state index in [0.717, 1.165) is 0 Å². The Balaban J connectivity index is 2.80. The van der Waals surface area contributed by atoms with Gasteiger partial charge in [-0.25, -0.2) is 0 Å². The van der Waals surface area contributed by atoms with Gasteiger partial charge in [-0.2, -0.15) is 11.8 Å². The third-order valence-corrected chi connectivity index (χ3v) is 7.16. The molecular formula is C25H43N7O8S. The zero-order valence-corrected chi connectivity index (χ0v) is 24.8. The van der Waals surface area contributed by atoms with E-state index in [4.69, 9.17) is 16.6 Å². The van der Waals surface area contributed by atoms with E-state index in [1.807, 2.05) is 6.26 Å². The lowest BCUT2D eigenvalue weighted by Gasteiger charge is -2.28. The lowest BCUT2D eigenvalue weighted by Crippen LogP contribution is -2.57. The smallest absolute Gasteiger partial charge is 0.325 e. The lowest BCUT2D eigenvalue weighted by atomic mass is 10.0. The minimum atomic E-state index is -1.23. The van der Waals surface area contributed by atoms with Crippen molar-refractivity contribution in [2.75, 3.05) is 25.1 Å². The van der Waals surface area contributed by atoms with Crippen LogP contribution >= 0.6 is 11.8 Å². The van der Waals surface area contributed by atoms with E-state index in [-0.39, 0.29) is 25.2 Å². The second-order valence-electron chi connectivity index (χ2n) is 10.2. The molecule has 16 heteroatoms. The van der Waals surface area contributed by atoms with E-state index in [1.54, 1.807) is 13.8 Å². The maximum absolute atomic E-state index is 13.1. The standard InChI is InChI=1S/C25H43N7O8S/c1-13(2)20(23(37)29-14(3)25(39)40)31-19(34)12-28-21(35)16(9-11-41-4)30-22(36)17-6-5-10-32(17)24(38)15(26)7-8-18(27)33/h13-17,20H,5-12,26H2,1-4H3,(H2,27,33)(H,28,35)(H,29,37)(H,30,36)(H,31,34)(H,39,40)/t14-,15-,16-,17-,20-/m0/s1. The monoisotopic (exact) mass is 601 g/mol. The van der Waals surface area contributed by atoms with Gasteiger partial charge in [0.1, 0.15) is 24.2 Å². The van der Waals surface area contributed by atoms with Crippen LogP contribution in [-0.4, -0.2) is 107 Å². The van der Waals surface area contributed by atoms with Crippen LogP contribution in [-0.2, 0) is 33.6 Å². The van der Waals surface area contributed by atoms with Gasteiger partial charge in [0.2, 0.25) is 35.4 Å². The minimum absolute atomic E-state index is 0.0533. The summed E-state index contributed by atoms with van der Waals surface area (Å²) < 4.78 is 0. The molecule has 15 nitrogen and oxygen atoms in total. The summed E-state index contributed by atoms with van der Waals surface area (Å²) in [5.41, 5.74) is 11.0. The normalized spacial score (nSPS) is 17.6. The van der Waals surface area contributed by atoms with Crippen LogP contribution in [0, 0.1) is 5.92 Å². The van der Waals surface area contributed by atoms with E-state index in [0.29, 0.717) is 25.1 Å². The Morgan fingerprint density at radius 1 is 1.00 bits per heavy atom. The molecule has 0 bridgehead atoms. The molecule has 9 N–H and O–H groups in total. The summed E-state index contributed by atoms with van der Waals surface area (Å²) >= 11 is 1.45. The number of nitrogens with two attached hydrogens (primary N) is 2. The second kappa shape index (κ2) is 17.4. The van der Waals surface area contributed by atoms with Crippen molar-refractivity contribution < 1.29 is 38.7 Å². The summed E-state index contributed by atoms with van der Waals surface area (Å²) in [6.07, 6.45) is 3.01. The Morgan fingerprint density at radius 2 is 1.66 bits per heavy atom. The number of carbonyl (C=O) groups is 7. The lowest BCUT2D eigenvalue weighted by molar-refractivity contribution is -0.142. The van der Waals surface area contributed by atoms with Crippen molar-refractivity contribution in [3.05, 3.63) is 0 Å². The first-order chi connectivity index (χ1) is 19.2. The molecule has 5 atom stereocenters. The largest absolute Gasteiger partial charge is 0.480 e. The van der Waals surface area contributed by atoms with Gasteiger partial charge in [0.15, 0.2) is 0 Å². The van der Waals surface area contributed by atoms with E-state index in [9.17, 15) is 33.6 Å². The number of rotatable bonds is 17. The summed E-state index contributed by atoms with van der Waals surface area (Å²) in [4.78, 5) is 87.3. The van der Waals surface area contributed by atoms with Crippen LogP contribution in [0.5, 0.6) is 0 Å². The van der Waals surface area contributed by atoms with Crippen molar-refractivity contribution in [3.8, 4) is 0 Å². The number of carboxylic acid groups (broad SMARTS) is 1. The number of hydrogen-bond donors (Lipinski definition) is 7. The fourth-order valence-electron chi connectivity index (χ4n) is 4.12. The highest BCUT2D eigenvalue weighted by molar-refractivity contribution is 7.98. The van der Waals surface area contributed by atoms with Gasteiger partial charge in [0, 0.05) is 13.0 Å². The summed E-state index contributed by atoms with van der Waals surface area (Å²) in [5, 5.41) is 18.9. The van der Waals surface area contributed by atoms with Crippen molar-refractivity contribution in [2.45, 2.75) is 83.1 Å². The van der Waals surface area contributed by atoms with Crippen LogP contribution in [0.3, 0.4) is 0 Å². The van der Waals surface area contributed by atoms with Crippen molar-refractivity contribution in [1.82, 2.24) is 26.2 Å². The molecule has 0 aliphatic carbocycles. The van der Waals surface area contributed by atoms with E-state index in [2.05, 4.69) is 21.3 Å². The number of carboxylic acids is 1. The van der Waals surface area contributed by atoms with E-state index in [1.165, 1.54) is 23.6 Å². The fraction of sp³-hybridized carbons (Fsp3) is 0.720. The average Bonchev–Trinajstić information content (AvgIpc) is 3.40. The van der Waals surface area contributed by atoms with Crippen molar-refractivity contribution in [2.24, 2.45) is 17.4 Å². The predicted molar refractivity (Wildman–Crippen MR) is 151 cm³/mol. The van der Waals surface area contributed by atoms with Gasteiger partial charge in [-0.3, -0.25) is 33.6 Å². The van der Waals surface area contributed by atoms with Gasteiger partial charge >= 0.3 is 5.97 Å². The number of aliphatic carboxylic acids is 1. The molecular weight excluding hydrogens is 558 g/mol. The molecule has 0 radical (unpaired) electrons. The Bertz CT molecular complexity index is 980. The molecule has 0 unspecified atom stereocenters. The van der Waals surface area contributed by atoms with E-state index < -0.39 is 78.2 Å². The average molecular weight is 602 g/mol. The van der Waals surface area contributed by atoms with Gasteiger partial charge in [-0.05, 0) is 50.5 Å². The second-order valence-corrected chi connectivity index (χ2v) is 11.2. The molecule has 0 aromatic heterocycles. The molecule has 6 amide bonds. The molecule has 0 aromatic carbocycles. The molecule has 1 fully saturated rings. The predicted octanol–water partition coefficient (Wildman–Crippen LogP) is -2.35. The van der Waals surface area contributed by atoms with Crippen LogP contribution < -0.4 is 32.7 Å². The van der Waals surface area contributed by atoms with Crippen LogP contribution in [0.1, 0.15) is 52.9 Å². The minimum Gasteiger partial charge on any atom is -0.480 e. The Morgan fingerprint density at radius 3 is 2.22 bits per heavy atom. The SMILES string of the molecule is CSCC[C@H](NC(=O)[C@@H]1CCCN1C(=O)[C@@H](N)CCC(N)=O)C(=O)NCC(=O)N[C@H](C(=O)N[C@@H](C)C(=O)O)C(C)C.